The van der Waals surface area contributed by atoms with Crippen LogP contribution in [0.25, 0.3) is 0 Å². The van der Waals surface area contributed by atoms with Gasteiger partial charge in [-0.05, 0) is 18.2 Å². The highest BCUT2D eigenvalue weighted by Crippen LogP contribution is 2.18. The Kier molecular flexibility index (Phi) is 2.26. The molecule has 0 unspecified atom stereocenters. The van der Waals surface area contributed by atoms with E-state index in [4.69, 9.17) is 4.84 Å². The molecule has 0 saturated carbocycles. The zero-order chi connectivity index (χ0) is 10.0. The van der Waals surface area contributed by atoms with Crippen molar-refractivity contribution >= 4 is 9.84 Å². The highest BCUT2D eigenvalue weighted by Gasteiger charge is 2.22. The molecule has 0 fully saturated rings. The molecular weight excluding hydrogens is 202 g/mol. The molecule has 0 spiro atoms. The summed E-state index contributed by atoms with van der Waals surface area (Å²) in [5, 5.41) is 0.115. The molecule has 0 atom stereocenters. The van der Waals surface area contributed by atoms with Crippen molar-refractivity contribution in [3.8, 4) is 0 Å². The van der Waals surface area contributed by atoms with Crippen molar-refractivity contribution in [2.45, 2.75) is 4.90 Å². The minimum absolute atomic E-state index is 0.115. The SMILES string of the molecule is O=S(=O)(C1=CCON1)c1ccccc1. The minimum Gasteiger partial charge on any atom is -0.271 e. The van der Waals surface area contributed by atoms with Crippen molar-refractivity contribution in [2.75, 3.05) is 6.61 Å². The van der Waals surface area contributed by atoms with Gasteiger partial charge in [-0.25, -0.2) is 8.42 Å². The zero-order valence-electron chi connectivity index (χ0n) is 7.30. The smallest absolute Gasteiger partial charge is 0.223 e. The van der Waals surface area contributed by atoms with Crippen LogP contribution in [-0.4, -0.2) is 15.0 Å². The van der Waals surface area contributed by atoms with Gasteiger partial charge in [-0.2, -0.15) is 0 Å². The van der Waals surface area contributed by atoms with Gasteiger partial charge in [0.15, 0.2) is 5.03 Å². The number of rotatable bonds is 2. The number of hydrogen-bond acceptors (Lipinski definition) is 4. The summed E-state index contributed by atoms with van der Waals surface area (Å²) >= 11 is 0. The Morgan fingerprint density at radius 1 is 1.21 bits per heavy atom. The van der Waals surface area contributed by atoms with Crippen LogP contribution < -0.4 is 5.48 Å². The van der Waals surface area contributed by atoms with Crippen molar-refractivity contribution in [3.63, 3.8) is 0 Å². The largest absolute Gasteiger partial charge is 0.271 e. The predicted octanol–water partition coefficient (Wildman–Crippen LogP) is 0.837. The molecule has 74 valence electrons. The van der Waals surface area contributed by atoms with Crippen LogP contribution in [0.4, 0.5) is 0 Å². The van der Waals surface area contributed by atoms with Crippen LogP contribution in [-0.2, 0) is 14.7 Å². The number of benzene rings is 1. The summed E-state index contributed by atoms with van der Waals surface area (Å²) < 4.78 is 23.6. The van der Waals surface area contributed by atoms with Gasteiger partial charge in [0.1, 0.15) is 0 Å². The normalized spacial score (nSPS) is 16.1. The Balaban J connectivity index is 2.43. The molecule has 0 aromatic heterocycles. The van der Waals surface area contributed by atoms with E-state index in [1.54, 1.807) is 30.3 Å². The van der Waals surface area contributed by atoms with Crippen LogP contribution in [0.15, 0.2) is 46.3 Å². The van der Waals surface area contributed by atoms with Crippen molar-refractivity contribution < 1.29 is 13.3 Å². The first-order valence-corrected chi connectivity index (χ1v) is 5.58. The molecule has 0 radical (unpaired) electrons. The third-order valence-corrected chi connectivity index (χ3v) is 3.59. The van der Waals surface area contributed by atoms with Gasteiger partial charge in [0.25, 0.3) is 0 Å². The summed E-state index contributed by atoms with van der Waals surface area (Å²) in [5.41, 5.74) is 2.37. The molecule has 0 amide bonds. The summed E-state index contributed by atoms with van der Waals surface area (Å²) in [6.45, 7) is 0.279. The van der Waals surface area contributed by atoms with E-state index < -0.39 is 9.84 Å². The second-order valence-corrected chi connectivity index (χ2v) is 4.72. The molecule has 0 saturated heterocycles. The third kappa shape index (κ3) is 1.51. The second-order valence-electron chi connectivity index (χ2n) is 2.80. The molecule has 5 heteroatoms. The van der Waals surface area contributed by atoms with Crippen LogP contribution in [0.5, 0.6) is 0 Å². The van der Waals surface area contributed by atoms with Gasteiger partial charge in [-0.3, -0.25) is 10.3 Å². The Bertz CT molecular complexity index is 450. The molecule has 1 heterocycles. The lowest BCUT2D eigenvalue weighted by atomic mass is 10.4. The maximum Gasteiger partial charge on any atom is 0.223 e. The van der Waals surface area contributed by atoms with E-state index in [2.05, 4.69) is 5.48 Å². The van der Waals surface area contributed by atoms with E-state index in [0.29, 0.717) is 0 Å². The standard InChI is InChI=1S/C9H9NO3S/c11-14(12,9-6-7-13-10-9)8-4-2-1-3-5-8/h1-6,10H,7H2. The maximum atomic E-state index is 11.8. The van der Waals surface area contributed by atoms with Crippen molar-refractivity contribution in [2.24, 2.45) is 0 Å². The second kappa shape index (κ2) is 3.43. The van der Waals surface area contributed by atoms with Gasteiger partial charge in [0.2, 0.25) is 9.84 Å². The van der Waals surface area contributed by atoms with Crippen LogP contribution in [0.3, 0.4) is 0 Å². The summed E-state index contributed by atoms with van der Waals surface area (Å²) in [5.74, 6) is 0. The molecule has 1 N–H and O–H groups in total. The average Bonchev–Trinajstić information content (AvgIpc) is 2.72. The van der Waals surface area contributed by atoms with Crippen LogP contribution in [0, 0.1) is 0 Å². The van der Waals surface area contributed by atoms with E-state index in [1.165, 1.54) is 6.08 Å². The van der Waals surface area contributed by atoms with E-state index in [1.807, 2.05) is 0 Å². The quantitative estimate of drug-likeness (QED) is 0.787. The van der Waals surface area contributed by atoms with Gasteiger partial charge in [-0.1, -0.05) is 18.2 Å². The molecule has 1 aromatic carbocycles. The number of nitrogens with one attached hydrogen (secondary N) is 1. The van der Waals surface area contributed by atoms with Crippen molar-refractivity contribution in [3.05, 3.63) is 41.4 Å². The van der Waals surface area contributed by atoms with E-state index >= 15 is 0 Å². The van der Waals surface area contributed by atoms with Crippen LogP contribution >= 0.6 is 0 Å². The highest BCUT2D eigenvalue weighted by atomic mass is 32.2. The summed E-state index contributed by atoms with van der Waals surface area (Å²) in [6, 6.07) is 8.24. The predicted molar refractivity (Wildman–Crippen MR) is 50.8 cm³/mol. The summed E-state index contributed by atoms with van der Waals surface area (Å²) in [6.07, 6.45) is 1.50. The van der Waals surface area contributed by atoms with Crippen molar-refractivity contribution in [1.29, 1.82) is 0 Å². The molecule has 2 rings (SSSR count). The lowest BCUT2D eigenvalue weighted by Crippen LogP contribution is -2.15. The molecule has 4 nitrogen and oxygen atoms in total. The lowest BCUT2D eigenvalue weighted by molar-refractivity contribution is 0.113. The topological polar surface area (TPSA) is 55.4 Å². The molecule has 0 aliphatic carbocycles. The molecule has 1 aromatic rings. The Hall–Kier alpha value is -1.33. The number of hydroxylamine groups is 1. The lowest BCUT2D eigenvalue weighted by Gasteiger charge is -2.04. The van der Waals surface area contributed by atoms with Gasteiger partial charge >= 0.3 is 0 Å². The van der Waals surface area contributed by atoms with Crippen LogP contribution in [0.2, 0.25) is 0 Å². The first-order valence-electron chi connectivity index (χ1n) is 4.09. The van der Waals surface area contributed by atoms with E-state index in [9.17, 15) is 8.42 Å². The number of sulfone groups is 1. The van der Waals surface area contributed by atoms with Crippen molar-refractivity contribution in [1.82, 2.24) is 5.48 Å². The average molecular weight is 211 g/mol. The first kappa shape index (κ1) is 9.23. The van der Waals surface area contributed by atoms with Gasteiger partial charge in [0.05, 0.1) is 11.5 Å². The fourth-order valence-electron chi connectivity index (χ4n) is 1.16. The summed E-state index contributed by atoms with van der Waals surface area (Å²) in [7, 11) is -3.41. The van der Waals surface area contributed by atoms with Gasteiger partial charge in [0, 0.05) is 0 Å². The van der Waals surface area contributed by atoms with Gasteiger partial charge in [-0.15, -0.1) is 0 Å². The Morgan fingerprint density at radius 3 is 2.50 bits per heavy atom. The first-order chi connectivity index (χ1) is 6.71. The Labute approximate surface area is 82.1 Å². The molecule has 14 heavy (non-hydrogen) atoms. The molecule has 1 aliphatic rings. The van der Waals surface area contributed by atoms with Crippen LogP contribution in [0.1, 0.15) is 0 Å². The monoisotopic (exact) mass is 211 g/mol. The Morgan fingerprint density at radius 2 is 1.93 bits per heavy atom. The molecular formula is C9H9NO3S. The van der Waals surface area contributed by atoms with E-state index in [-0.39, 0.29) is 16.5 Å². The fourth-order valence-corrected chi connectivity index (χ4v) is 2.39. The minimum atomic E-state index is -3.41. The fraction of sp³-hybridized carbons (Fsp3) is 0.111. The maximum absolute atomic E-state index is 11.8. The third-order valence-electron chi connectivity index (χ3n) is 1.87. The molecule has 1 aliphatic heterocycles. The highest BCUT2D eigenvalue weighted by molar-refractivity contribution is 7.95. The zero-order valence-corrected chi connectivity index (χ0v) is 8.12. The summed E-state index contributed by atoms with van der Waals surface area (Å²) in [4.78, 5) is 5.01. The molecule has 0 bridgehead atoms. The van der Waals surface area contributed by atoms with Gasteiger partial charge < -0.3 is 0 Å². The van der Waals surface area contributed by atoms with E-state index in [0.717, 1.165) is 0 Å². The number of hydrogen-bond donors (Lipinski definition) is 1.